The van der Waals surface area contributed by atoms with Crippen LogP contribution >= 0.6 is 23.2 Å². The van der Waals surface area contributed by atoms with Gasteiger partial charge in [0.05, 0.1) is 0 Å². The van der Waals surface area contributed by atoms with E-state index < -0.39 is 35.8 Å². The Morgan fingerprint density at radius 3 is 2.08 bits per heavy atom. The van der Waals surface area contributed by atoms with Crippen LogP contribution in [0.15, 0.2) is 60.7 Å². The molecule has 1 heterocycles. The zero-order valence-corrected chi connectivity index (χ0v) is 28.1. The second kappa shape index (κ2) is 15.8. The number of carboxylic acid groups (broad SMARTS) is 1. The van der Waals surface area contributed by atoms with Crippen molar-refractivity contribution in [2.24, 2.45) is 5.41 Å². The predicted molar refractivity (Wildman–Crippen MR) is 185 cm³/mol. The Bertz CT molecular complexity index is 1660. The van der Waals surface area contributed by atoms with Gasteiger partial charge in [-0.1, -0.05) is 66.4 Å². The first-order valence-electron chi connectivity index (χ1n) is 16.4. The molecule has 1 aliphatic carbocycles. The summed E-state index contributed by atoms with van der Waals surface area (Å²) >= 11 is 12.2. The number of carboxylic acids is 1. The number of fused-ring (bicyclic) bond motifs is 1. The van der Waals surface area contributed by atoms with Crippen LogP contribution in [0.5, 0.6) is 0 Å². The maximum atomic E-state index is 13.8. The molecular weight excluding hydrogens is 655 g/mol. The number of likely N-dealkylation sites (tertiary alicyclic amines) is 1. The highest BCUT2D eigenvalue weighted by Gasteiger charge is 2.39. The summed E-state index contributed by atoms with van der Waals surface area (Å²) < 4.78 is 0. The van der Waals surface area contributed by atoms with Gasteiger partial charge >= 0.3 is 5.97 Å². The van der Waals surface area contributed by atoms with Crippen LogP contribution in [0.1, 0.15) is 74.6 Å². The summed E-state index contributed by atoms with van der Waals surface area (Å²) in [6.45, 7) is 1.15. The van der Waals surface area contributed by atoms with E-state index in [1.54, 1.807) is 17.0 Å². The molecule has 48 heavy (non-hydrogen) atoms. The fraction of sp³-hybridized carbons (Fsp3) is 0.417. The van der Waals surface area contributed by atoms with Crippen LogP contribution in [-0.2, 0) is 19.2 Å². The van der Waals surface area contributed by atoms with Crippen LogP contribution < -0.4 is 16.0 Å². The lowest BCUT2D eigenvalue weighted by molar-refractivity contribution is -0.138. The van der Waals surface area contributed by atoms with E-state index in [0.717, 1.165) is 23.6 Å². The minimum Gasteiger partial charge on any atom is -0.481 e. The van der Waals surface area contributed by atoms with E-state index in [1.165, 1.54) is 43.9 Å². The molecule has 10 nitrogen and oxygen atoms in total. The second-order valence-electron chi connectivity index (χ2n) is 12.9. The fourth-order valence-corrected chi connectivity index (χ4v) is 7.33. The molecule has 4 amide bonds. The van der Waals surface area contributed by atoms with Crippen molar-refractivity contribution in [3.05, 3.63) is 76.3 Å². The Hall–Kier alpha value is -4.15. The van der Waals surface area contributed by atoms with Crippen molar-refractivity contribution in [1.82, 2.24) is 15.5 Å². The summed E-state index contributed by atoms with van der Waals surface area (Å²) in [6, 6.07) is 15.3. The Kier molecular flexibility index (Phi) is 11.6. The van der Waals surface area contributed by atoms with E-state index in [9.17, 15) is 29.1 Å². The van der Waals surface area contributed by atoms with Gasteiger partial charge in [-0.3, -0.25) is 24.0 Å². The molecule has 0 unspecified atom stereocenters. The Morgan fingerprint density at radius 1 is 0.771 bits per heavy atom. The van der Waals surface area contributed by atoms with Crippen molar-refractivity contribution in [3.63, 3.8) is 0 Å². The van der Waals surface area contributed by atoms with Gasteiger partial charge in [0.2, 0.25) is 17.7 Å². The summed E-state index contributed by atoms with van der Waals surface area (Å²) in [7, 11) is 0. The van der Waals surface area contributed by atoms with Crippen molar-refractivity contribution < 1.29 is 29.1 Å². The third kappa shape index (κ3) is 9.26. The van der Waals surface area contributed by atoms with Crippen LogP contribution in [0.25, 0.3) is 10.8 Å². The molecule has 3 aromatic rings. The number of anilines is 1. The Balaban J connectivity index is 1.26. The van der Waals surface area contributed by atoms with E-state index in [0.29, 0.717) is 18.8 Å². The predicted octanol–water partition coefficient (Wildman–Crippen LogP) is 6.20. The molecule has 1 saturated carbocycles. The van der Waals surface area contributed by atoms with Gasteiger partial charge in [-0.2, -0.15) is 0 Å². The van der Waals surface area contributed by atoms with Gasteiger partial charge in [0.15, 0.2) is 0 Å². The number of rotatable bonds is 12. The molecule has 254 valence electrons. The molecule has 5 rings (SSSR count). The molecule has 2 atom stereocenters. The standard InChI is InChI=1S/C36H40Cl2N4O6/c37-26-19-25(20-27(38)22-26)33(46)41-30(35(48)42-17-15-36(16-18-42)13-3-4-14-36)9-11-31(43)40-29(10-12-32(44)45)34(47)39-28-8-7-23-5-1-2-6-24(23)21-28/h1-2,5-8,19-22,29-30H,3-4,9-18H2,(H,39,47)(H,40,43)(H,41,46)(H,44,45)/t29-,30-/m1/s1. The number of carbonyl (C=O) groups excluding carboxylic acids is 4. The van der Waals surface area contributed by atoms with Crippen molar-refractivity contribution >= 4 is 69.3 Å². The maximum Gasteiger partial charge on any atom is 0.303 e. The molecule has 3 aromatic carbocycles. The van der Waals surface area contributed by atoms with Crippen LogP contribution in [0.3, 0.4) is 0 Å². The molecule has 1 spiro atoms. The summed E-state index contributed by atoms with van der Waals surface area (Å²) in [5, 5.41) is 19.9. The van der Waals surface area contributed by atoms with E-state index >= 15 is 0 Å². The number of amides is 4. The highest BCUT2D eigenvalue weighted by Crippen LogP contribution is 2.46. The molecule has 0 bridgehead atoms. The van der Waals surface area contributed by atoms with Crippen molar-refractivity contribution in [2.75, 3.05) is 18.4 Å². The van der Waals surface area contributed by atoms with Crippen molar-refractivity contribution in [1.29, 1.82) is 0 Å². The van der Waals surface area contributed by atoms with Crippen LogP contribution in [0.4, 0.5) is 5.69 Å². The highest BCUT2D eigenvalue weighted by molar-refractivity contribution is 6.35. The number of benzene rings is 3. The SMILES string of the molecule is O=C(O)CC[C@@H](NC(=O)CC[C@@H](NC(=O)c1cc(Cl)cc(Cl)c1)C(=O)N1CCC2(CCCC2)CC1)C(=O)Nc1ccc2ccccc2c1. The summed E-state index contributed by atoms with van der Waals surface area (Å²) in [4.78, 5) is 66.7. The molecule has 2 aliphatic rings. The van der Waals surface area contributed by atoms with E-state index in [2.05, 4.69) is 16.0 Å². The van der Waals surface area contributed by atoms with Crippen LogP contribution in [-0.4, -0.2) is 64.8 Å². The van der Waals surface area contributed by atoms with Gasteiger partial charge in [-0.05, 0) is 85.0 Å². The molecular formula is C36H40Cl2N4O6. The monoisotopic (exact) mass is 694 g/mol. The largest absolute Gasteiger partial charge is 0.481 e. The molecule has 12 heteroatoms. The molecule has 2 fully saturated rings. The minimum absolute atomic E-state index is 0.0374. The number of halogens is 2. The first-order valence-corrected chi connectivity index (χ1v) is 17.1. The summed E-state index contributed by atoms with van der Waals surface area (Å²) in [5.41, 5.74) is 0.965. The van der Waals surface area contributed by atoms with Gasteiger partial charge < -0.3 is 26.0 Å². The zero-order chi connectivity index (χ0) is 34.3. The third-order valence-corrected chi connectivity index (χ3v) is 9.94. The maximum absolute atomic E-state index is 13.8. The number of aliphatic carboxylic acids is 1. The summed E-state index contributed by atoms with van der Waals surface area (Å²) in [6.07, 6.45) is 5.85. The second-order valence-corrected chi connectivity index (χ2v) is 13.7. The van der Waals surface area contributed by atoms with Crippen molar-refractivity contribution in [2.45, 2.75) is 76.3 Å². The number of nitrogens with zero attached hydrogens (tertiary/aromatic N) is 1. The molecule has 0 radical (unpaired) electrons. The molecule has 1 aliphatic heterocycles. The first-order chi connectivity index (χ1) is 23.0. The van der Waals surface area contributed by atoms with E-state index in [4.69, 9.17) is 23.2 Å². The number of nitrogens with one attached hydrogen (secondary N) is 3. The lowest BCUT2D eigenvalue weighted by atomic mass is 9.77. The van der Waals surface area contributed by atoms with Gasteiger partial charge in [0.1, 0.15) is 12.1 Å². The lowest BCUT2D eigenvalue weighted by Crippen LogP contribution is -2.52. The quantitative estimate of drug-likeness (QED) is 0.178. The van der Waals surface area contributed by atoms with E-state index in [1.807, 2.05) is 30.3 Å². The number of piperidine rings is 1. The zero-order valence-electron chi connectivity index (χ0n) is 26.6. The average Bonchev–Trinajstić information content (AvgIpc) is 3.51. The third-order valence-electron chi connectivity index (χ3n) is 9.50. The van der Waals surface area contributed by atoms with Crippen molar-refractivity contribution in [3.8, 4) is 0 Å². The van der Waals surface area contributed by atoms with Gasteiger partial charge in [0, 0.05) is 47.2 Å². The van der Waals surface area contributed by atoms with E-state index in [-0.39, 0.29) is 52.6 Å². The fourth-order valence-electron chi connectivity index (χ4n) is 6.81. The minimum atomic E-state index is -1.14. The van der Waals surface area contributed by atoms with Gasteiger partial charge in [-0.15, -0.1) is 0 Å². The van der Waals surface area contributed by atoms with Gasteiger partial charge in [0.25, 0.3) is 5.91 Å². The smallest absolute Gasteiger partial charge is 0.303 e. The Morgan fingerprint density at radius 2 is 1.42 bits per heavy atom. The Labute approximate surface area is 289 Å². The number of carbonyl (C=O) groups is 5. The molecule has 1 saturated heterocycles. The average molecular weight is 696 g/mol. The molecule has 4 N–H and O–H groups in total. The first kappa shape index (κ1) is 35.2. The van der Waals surface area contributed by atoms with Crippen LogP contribution in [0, 0.1) is 5.41 Å². The summed E-state index contributed by atoms with van der Waals surface area (Å²) in [5.74, 6) is -3.07. The highest BCUT2D eigenvalue weighted by atomic mass is 35.5. The molecule has 0 aromatic heterocycles. The van der Waals surface area contributed by atoms with Gasteiger partial charge in [-0.25, -0.2) is 0 Å². The normalized spacial score (nSPS) is 16.7. The lowest BCUT2D eigenvalue weighted by Gasteiger charge is -2.40. The number of hydrogen-bond donors (Lipinski definition) is 4. The van der Waals surface area contributed by atoms with Crippen LogP contribution in [0.2, 0.25) is 10.0 Å². The topological polar surface area (TPSA) is 145 Å². The number of hydrogen-bond acceptors (Lipinski definition) is 5.